The number of amides is 1. The van der Waals surface area contributed by atoms with Crippen molar-refractivity contribution in [2.45, 2.75) is 32.5 Å². The Morgan fingerprint density at radius 3 is 2.84 bits per heavy atom. The van der Waals surface area contributed by atoms with Gasteiger partial charge in [-0.25, -0.2) is 0 Å². The molecule has 1 aliphatic heterocycles. The zero-order valence-electron chi connectivity index (χ0n) is 18.4. The number of guanidine groups is 1. The van der Waals surface area contributed by atoms with E-state index in [1.807, 2.05) is 28.8 Å². The minimum absolute atomic E-state index is 0.0367. The van der Waals surface area contributed by atoms with Crippen LogP contribution in [-0.4, -0.2) is 51.5 Å². The Bertz CT molecular complexity index is 1090. The van der Waals surface area contributed by atoms with E-state index in [1.54, 1.807) is 7.05 Å². The van der Waals surface area contributed by atoms with Crippen molar-refractivity contribution in [3.05, 3.63) is 65.6 Å². The molecule has 0 bridgehead atoms. The first-order chi connectivity index (χ1) is 15.6. The van der Waals surface area contributed by atoms with Crippen molar-refractivity contribution in [2.75, 3.05) is 20.1 Å². The zero-order valence-corrected chi connectivity index (χ0v) is 18.4. The summed E-state index contributed by atoms with van der Waals surface area (Å²) in [6.45, 7) is 3.73. The van der Waals surface area contributed by atoms with Crippen LogP contribution >= 0.6 is 0 Å². The maximum atomic E-state index is 11.5. The van der Waals surface area contributed by atoms with Crippen LogP contribution in [0.15, 0.2) is 53.7 Å². The van der Waals surface area contributed by atoms with E-state index in [2.05, 4.69) is 55.0 Å². The molecule has 32 heavy (non-hydrogen) atoms. The van der Waals surface area contributed by atoms with Gasteiger partial charge in [0.05, 0.1) is 12.5 Å². The number of likely N-dealkylation sites (tertiary alicyclic amines) is 1. The lowest BCUT2D eigenvalue weighted by atomic mass is 9.97. The third-order valence-corrected chi connectivity index (χ3v) is 5.79. The molecule has 1 fully saturated rings. The number of primary amides is 1. The van der Waals surface area contributed by atoms with Crippen LogP contribution < -0.4 is 16.4 Å². The van der Waals surface area contributed by atoms with Gasteiger partial charge in [-0.3, -0.25) is 19.1 Å². The molecule has 3 heterocycles. The lowest BCUT2D eigenvalue weighted by molar-refractivity contribution is -0.123. The molecule has 2 aromatic heterocycles. The topological polar surface area (TPSA) is 113 Å². The largest absolute Gasteiger partial charge is 0.369 e. The van der Waals surface area contributed by atoms with Crippen molar-refractivity contribution < 1.29 is 4.79 Å². The second kappa shape index (κ2) is 10.2. The number of nitrogens with one attached hydrogen (secondary N) is 2. The molecule has 168 valence electrons. The normalized spacial score (nSPS) is 17.4. The number of nitrogens with zero attached hydrogens (tertiary/aromatic N) is 5. The summed E-state index contributed by atoms with van der Waals surface area (Å²) in [5, 5.41) is 15.1. The average Bonchev–Trinajstić information content (AvgIpc) is 3.23. The Balaban J connectivity index is 1.30. The summed E-state index contributed by atoms with van der Waals surface area (Å²) in [5.41, 5.74) is 8.73. The predicted molar refractivity (Wildman–Crippen MR) is 124 cm³/mol. The smallest absolute Gasteiger partial charge is 0.221 e. The van der Waals surface area contributed by atoms with E-state index in [-0.39, 0.29) is 11.8 Å². The van der Waals surface area contributed by atoms with Crippen LogP contribution in [0.5, 0.6) is 0 Å². The molecule has 4 rings (SSSR count). The zero-order chi connectivity index (χ0) is 22.3. The number of pyridine rings is 1. The Labute approximate surface area is 187 Å². The van der Waals surface area contributed by atoms with Crippen LogP contribution in [0.4, 0.5) is 0 Å². The van der Waals surface area contributed by atoms with Gasteiger partial charge in [-0.1, -0.05) is 30.3 Å². The molecule has 1 unspecified atom stereocenters. The summed E-state index contributed by atoms with van der Waals surface area (Å²) in [5.74, 6) is 1.29. The number of nitrogens with two attached hydrogens (primary N) is 1. The maximum absolute atomic E-state index is 11.5. The van der Waals surface area contributed by atoms with E-state index in [1.165, 1.54) is 11.1 Å². The van der Waals surface area contributed by atoms with Gasteiger partial charge in [0.15, 0.2) is 17.4 Å². The van der Waals surface area contributed by atoms with E-state index < -0.39 is 0 Å². The van der Waals surface area contributed by atoms with Crippen LogP contribution in [0.3, 0.4) is 0 Å². The molecular formula is C23H30N8O. The Hall–Kier alpha value is -3.46. The van der Waals surface area contributed by atoms with Gasteiger partial charge in [-0.15, -0.1) is 10.2 Å². The van der Waals surface area contributed by atoms with E-state index in [0.717, 1.165) is 43.9 Å². The van der Waals surface area contributed by atoms with E-state index >= 15 is 0 Å². The van der Waals surface area contributed by atoms with Crippen LogP contribution in [0.2, 0.25) is 0 Å². The van der Waals surface area contributed by atoms with Crippen molar-refractivity contribution in [1.82, 2.24) is 30.1 Å². The molecule has 1 saturated heterocycles. The molecule has 1 aromatic carbocycles. The van der Waals surface area contributed by atoms with E-state index in [0.29, 0.717) is 19.0 Å². The van der Waals surface area contributed by atoms with Crippen LogP contribution in [0.25, 0.3) is 5.65 Å². The first kappa shape index (κ1) is 21.8. The number of aromatic nitrogens is 3. The fraction of sp³-hybridized carbons (Fsp3) is 0.391. The van der Waals surface area contributed by atoms with Crippen molar-refractivity contribution >= 4 is 17.5 Å². The van der Waals surface area contributed by atoms with Crippen molar-refractivity contribution in [3.8, 4) is 0 Å². The molecule has 0 aliphatic carbocycles. The summed E-state index contributed by atoms with van der Waals surface area (Å²) in [6, 6.07) is 14.3. The Morgan fingerprint density at radius 2 is 2.00 bits per heavy atom. The van der Waals surface area contributed by atoms with Gasteiger partial charge in [0.25, 0.3) is 0 Å². The molecule has 9 heteroatoms. The molecule has 1 atom stereocenters. The minimum atomic E-state index is -0.189. The second-order valence-electron chi connectivity index (χ2n) is 8.12. The molecule has 3 aromatic rings. The quantitative estimate of drug-likeness (QED) is 0.382. The average molecular weight is 435 g/mol. The summed E-state index contributed by atoms with van der Waals surface area (Å²) in [7, 11) is 1.75. The highest BCUT2D eigenvalue weighted by Gasteiger charge is 2.23. The summed E-state index contributed by atoms with van der Waals surface area (Å²) >= 11 is 0. The molecule has 1 amide bonds. The van der Waals surface area contributed by atoms with Gasteiger partial charge in [0, 0.05) is 32.9 Å². The van der Waals surface area contributed by atoms with Crippen LogP contribution in [-0.2, 0) is 24.4 Å². The number of piperidine rings is 1. The highest BCUT2D eigenvalue weighted by atomic mass is 16.1. The first-order valence-corrected chi connectivity index (χ1v) is 10.9. The molecule has 4 N–H and O–H groups in total. The summed E-state index contributed by atoms with van der Waals surface area (Å²) in [6.07, 6.45) is 3.85. The molecule has 9 nitrogen and oxygen atoms in total. The summed E-state index contributed by atoms with van der Waals surface area (Å²) < 4.78 is 1.95. The Morgan fingerprint density at radius 1 is 1.16 bits per heavy atom. The highest BCUT2D eigenvalue weighted by molar-refractivity contribution is 5.79. The van der Waals surface area contributed by atoms with Crippen molar-refractivity contribution in [1.29, 1.82) is 0 Å². The van der Waals surface area contributed by atoms with Gasteiger partial charge in [-0.05, 0) is 42.6 Å². The number of carbonyl (C=O) groups is 1. The fourth-order valence-electron chi connectivity index (χ4n) is 4.11. The summed E-state index contributed by atoms with van der Waals surface area (Å²) in [4.78, 5) is 18.2. The SMILES string of the molecule is CN=C(NCc1cccc(CN2CCCC(C(N)=O)C2)c1)NCc1nnc2ccccn12. The molecule has 1 aliphatic rings. The monoisotopic (exact) mass is 434 g/mol. The van der Waals surface area contributed by atoms with Gasteiger partial charge < -0.3 is 16.4 Å². The molecule has 0 saturated carbocycles. The number of hydrogen-bond acceptors (Lipinski definition) is 5. The lowest BCUT2D eigenvalue weighted by Crippen LogP contribution is -2.40. The second-order valence-corrected chi connectivity index (χ2v) is 8.12. The maximum Gasteiger partial charge on any atom is 0.221 e. The fourth-order valence-corrected chi connectivity index (χ4v) is 4.11. The van der Waals surface area contributed by atoms with Gasteiger partial charge in [0.2, 0.25) is 5.91 Å². The molecule has 0 spiro atoms. The lowest BCUT2D eigenvalue weighted by Gasteiger charge is -2.31. The number of hydrogen-bond donors (Lipinski definition) is 3. The number of benzene rings is 1. The standard InChI is InChI=1S/C23H30N8O/c1-25-23(27-14-21-29-28-20-9-2-3-11-31(20)21)26-13-17-6-4-7-18(12-17)15-30-10-5-8-19(16-30)22(24)32/h2-4,6-7,9,11-12,19H,5,8,10,13-16H2,1H3,(H2,24,32)(H2,25,26,27). The highest BCUT2D eigenvalue weighted by Crippen LogP contribution is 2.18. The minimum Gasteiger partial charge on any atom is -0.369 e. The van der Waals surface area contributed by atoms with Crippen LogP contribution in [0.1, 0.15) is 29.8 Å². The first-order valence-electron chi connectivity index (χ1n) is 10.9. The molecule has 0 radical (unpaired) electrons. The van der Waals surface area contributed by atoms with Gasteiger partial charge in [-0.2, -0.15) is 0 Å². The third-order valence-electron chi connectivity index (χ3n) is 5.79. The van der Waals surface area contributed by atoms with Gasteiger partial charge in [0.1, 0.15) is 0 Å². The van der Waals surface area contributed by atoms with Crippen molar-refractivity contribution in [3.63, 3.8) is 0 Å². The number of aliphatic imine (C=N–C) groups is 1. The predicted octanol–water partition coefficient (Wildman–Crippen LogP) is 1.29. The van der Waals surface area contributed by atoms with E-state index in [9.17, 15) is 4.79 Å². The molecular weight excluding hydrogens is 404 g/mol. The Kier molecular flexibility index (Phi) is 6.96. The van der Waals surface area contributed by atoms with Gasteiger partial charge >= 0.3 is 0 Å². The number of fused-ring (bicyclic) bond motifs is 1. The number of rotatable bonds is 7. The van der Waals surface area contributed by atoms with Crippen molar-refractivity contribution in [2.24, 2.45) is 16.6 Å². The number of carbonyl (C=O) groups excluding carboxylic acids is 1. The van der Waals surface area contributed by atoms with E-state index in [4.69, 9.17) is 5.73 Å². The third kappa shape index (κ3) is 5.42. The van der Waals surface area contributed by atoms with Crippen LogP contribution in [0, 0.1) is 5.92 Å².